The predicted molar refractivity (Wildman–Crippen MR) is 116 cm³/mol. The van der Waals surface area contributed by atoms with E-state index < -0.39 is 0 Å². The first kappa shape index (κ1) is 23.2. The lowest BCUT2D eigenvalue weighted by atomic mass is 10.1. The van der Waals surface area contributed by atoms with Gasteiger partial charge in [0.2, 0.25) is 0 Å². The van der Waals surface area contributed by atoms with Crippen molar-refractivity contribution in [3.8, 4) is 0 Å². The number of carbonyl (C=O) groups excluding carboxylic acids is 1. The van der Waals surface area contributed by atoms with E-state index in [-0.39, 0.29) is 5.91 Å². The minimum absolute atomic E-state index is 0.0387. The number of amides is 1. The Morgan fingerprint density at radius 1 is 1.10 bits per heavy atom. The van der Waals surface area contributed by atoms with Crippen molar-refractivity contribution in [3.63, 3.8) is 0 Å². The largest absolute Gasteiger partial charge is 0.385 e. The molecule has 1 aromatic rings. The van der Waals surface area contributed by atoms with Crippen LogP contribution in [0.4, 0.5) is 0 Å². The summed E-state index contributed by atoms with van der Waals surface area (Å²) in [7, 11) is 1.72. The number of carbonyl (C=O) groups is 1. The summed E-state index contributed by atoms with van der Waals surface area (Å²) >= 11 is 0. The van der Waals surface area contributed by atoms with E-state index >= 15 is 0 Å². The Labute approximate surface area is 174 Å². The van der Waals surface area contributed by atoms with Crippen molar-refractivity contribution >= 4 is 11.9 Å². The van der Waals surface area contributed by atoms with Gasteiger partial charge in [0.05, 0.1) is 12.6 Å². The molecule has 0 atom stereocenters. The van der Waals surface area contributed by atoms with Crippen LogP contribution >= 0.6 is 0 Å². The van der Waals surface area contributed by atoms with E-state index in [1.54, 1.807) is 7.11 Å². The molecule has 1 aromatic carbocycles. The molecule has 7 nitrogen and oxygen atoms in total. The third-order valence-corrected chi connectivity index (χ3v) is 4.89. The summed E-state index contributed by atoms with van der Waals surface area (Å²) in [6.45, 7) is 9.45. The summed E-state index contributed by atoms with van der Waals surface area (Å²) in [5.41, 5.74) is 1.77. The van der Waals surface area contributed by atoms with E-state index in [1.165, 1.54) is 0 Å². The third kappa shape index (κ3) is 8.03. The summed E-state index contributed by atoms with van der Waals surface area (Å²) in [6.07, 6.45) is 3.30. The van der Waals surface area contributed by atoms with E-state index in [0.29, 0.717) is 24.8 Å². The van der Waals surface area contributed by atoms with Gasteiger partial charge in [-0.1, -0.05) is 12.1 Å². The monoisotopic (exact) mass is 404 g/mol. The Hall–Kier alpha value is -2.12. The van der Waals surface area contributed by atoms with Gasteiger partial charge in [0.25, 0.3) is 5.91 Å². The zero-order valence-electron chi connectivity index (χ0n) is 18.1. The molecule has 162 valence electrons. The molecule has 0 unspecified atom stereocenters. The van der Waals surface area contributed by atoms with Gasteiger partial charge in [-0.15, -0.1) is 0 Å². The molecular weight excluding hydrogens is 368 g/mol. The number of aliphatic imine (C=N–C) groups is 1. The summed E-state index contributed by atoms with van der Waals surface area (Å²) in [4.78, 5) is 19.0. The molecule has 29 heavy (non-hydrogen) atoms. The molecule has 1 aliphatic heterocycles. The number of ether oxygens (including phenoxy) is 2. The predicted octanol–water partition coefficient (Wildman–Crippen LogP) is 2.42. The maximum Gasteiger partial charge on any atom is 0.251 e. The number of rotatable bonds is 10. The molecule has 1 aliphatic rings. The zero-order chi connectivity index (χ0) is 20.9. The molecule has 7 heteroatoms. The van der Waals surface area contributed by atoms with Gasteiger partial charge < -0.3 is 25.0 Å². The fraction of sp³-hybridized carbons (Fsp3) is 0.636. The molecule has 0 bridgehead atoms. The summed E-state index contributed by atoms with van der Waals surface area (Å²) in [5.74, 6) is 0.904. The summed E-state index contributed by atoms with van der Waals surface area (Å²) in [6, 6.07) is 7.65. The van der Waals surface area contributed by atoms with Crippen LogP contribution in [-0.2, 0) is 16.0 Å². The Morgan fingerprint density at radius 3 is 2.41 bits per heavy atom. The van der Waals surface area contributed by atoms with E-state index in [0.717, 1.165) is 63.6 Å². The average Bonchev–Trinajstić information content (AvgIpc) is 2.75. The highest BCUT2D eigenvalue weighted by Crippen LogP contribution is 2.15. The minimum atomic E-state index is -0.0387. The number of hydrogen-bond acceptors (Lipinski definition) is 4. The summed E-state index contributed by atoms with van der Waals surface area (Å²) < 4.78 is 11.0. The third-order valence-electron chi connectivity index (χ3n) is 4.89. The minimum Gasteiger partial charge on any atom is -0.385 e. The number of methoxy groups -OCH3 is 1. The SMILES string of the molecule is CCNC(=O)c1ccc(CN=C(NCC)N2CCC(OCCCOC)CC2)cc1. The van der Waals surface area contributed by atoms with Crippen molar-refractivity contribution in [1.82, 2.24) is 15.5 Å². The quantitative estimate of drug-likeness (QED) is 0.356. The first-order chi connectivity index (χ1) is 14.2. The first-order valence-corrected chi connectivity index (χ1v) is 10.7. The number of benzene rings is 1. The van der Waals surface area contributed by atoms with Gasteiger partial charge in [0.1, 0.15) is 0 Å². The molecule has 1 saturated heterocycles. The Bertz CT molecular complexity index is 625. The van der Waals surface area contributed by atoms with Gasteiger partial charge in [-0.25, -0.2) is 4.99 Å². The van der Waals surface area contributed by atoms with Gasteiger partial charge in [-0.3, -0.25) is 4.79 Å². The molecule has 0 saturated carbocycles. The Kier molecular flexibility index (Phi) is 10.5. The van der Waals surface area contributed by atoms with Crippen molar-refractivity contribution in [2.24, 2.45) is 4.99 Å². The second kappa shape index (κ2) is 13.2. The molecule has 0 aromatic heterocycles. The van der Waals surface area contributed by atoms with E-state index in [2.05, 4.69) is 22.5 Å². The molecule has 1 fully saturated rings. The number of piperidine rings is 1. The van der Waals surface area contributed by atoms with Gasteiger partial charge in [-0.05, 0) is 50.8 Å². The van der Waals surface area contributed by atoms with Gasteiger partial charge >= 0.3 is 0 Å². The van der Waals surface area contributed by atoms with Crippen LogP contribution in [0.1, 0.15) is 49.0 Å². The van der Waals surface area contributed by atoms with E-state index in [4.69, 9.17) is 14.5 Å². The Balaban J connectivity index is 1.86. The highest BCUT2D eigenvalue weighted by Gasteiger charge is 2.21. The van der Waals surface area contributed by atoms with Crippen LogP contribution in [0.15, 0.2) is 29.3 Å². The molecule has 0 spiro atoms. The van der Waals surface area contributed by atoms with Crippen molar-refractivity contribution in [3.05, 3.63) is 35.4 Å². The van der Waals surface area contributed by atoms with Crippen LogP contribution in [0.5, 0.6) is 0 Å². The van der Waals surface area contributed by atoms with Gasteiger partial charge in [0, 0.05) is 52.1 Å². The maximum absolute atomic E-state index is 11.9. The van der Waals surface area contributed by atoms with E-state index in [9.17, 15) is 4.79 Å². The van der Waals surface area contributed by atoms with Crippen molar-refractivity contribution in [1.29, 1.82) is 0 Å². The van der Waals surface area contributed by atoms with Crippen molar-refractivity contribution in [2.45, 2.75) is 45.8 Å². The number of nitrogens with one attached hydrogen (secondary N) is 2. The molecule has 2 rings (SSSR count). The molecule has 0 radical (unpaired) electrons. The number of likely N-dealkylation sites (tertiary alicyclic amines) is 1. The fourth-order valence-electron chi connectivity index (χ4n) is 3.30. The lowest BCUT2D eigenvalue weighted by Gasteiger charge is -2.34. The lowest BCUT2D eigenvalue weighted by molar-refractivity contribution is 0.00990. The second-order valence-corrected chi connectivity index (χ2v) is 7.13. The smallest absolute Gasteiger partial charge is 0.251 e. The molecular formula is C22H36N4O3. The van der Waals surface area contributed by atoms with Gasteiger partial charge in [0.15, 0.2) is 5.96 Å². The van der Waals surface area contributed by atoms with Crippen molar-refractivity contribution in [2.75, 3.05) is 46.5 Å². The van der Waals surface area contributed by atoms with E-state index in [1.807, 2.05) is 31.2 Å². The molecule has 1 heterocycles. The highest BCUT2D eigenvalue weighted by molar-refractivity contribution is 5.94. The lowest BCUT2D eigenvalue weighted by Crippen LogP contribution is -2.47. The van der Waals surface area contributed by atoms with Gasteiger partial charge in [-0.2, -0.15) is 0 Å². The average molecular weight is 405 g/mol. The maximum atomic E-state index is 11.9. The van der Waals surface area contributed by atoms with Crippen LogP contribution in [0.2, 0.25) is 0 Å². The highest BCUT2D eigenvalue weighted by atomic mass is 16.5. The van der Waals surface area contributed by atoms with Crippen LogP contribution < -0.4 is 10.6 Å². The van der Waals surface area contributed by atoms with Crippen LogP contribution in [0.25, 0.3) is 0 Å². The normalized spacial score (nSPS) is 15.4. The molecule has 1 amide bonds. The number of hydrogen-bond donors (Lipinski definition) is 2. The molecule has 2 N–H and O–H groups in total. The Morgan fingerprint density at radius 2 is 1.79 bits per heavy atom. The fourth-order valence-corrected chi connectivity index (χ4v) is 3.30. The van der Waals surface area contributed by atoms with Crippen LogP contribution in [0, 0.1) is 0 Å². The van der Waals surface area contributed by atoms with Crippen LogP contribution in [-0.4, -0.2) is 69.4 Å². The topological polar surface area (TPSA) is 75.2 Å². The number of nitrogens with zero attached hydrogens (tertiary/aromatic N) is 2. The van der Waals surface area contributed by atoms with Crippen molar-refractivity contribution < 1.29 is 14.3 Å². The number of guanidine groups is 1. The standard InChI is InChI=1S/C22H36N4O3/c1-4-23-21(27)19-9-7-18(8-10-19)17-25-22(24-5-2)26-13-11-20(12-14-26)29-16-6-15-28-3/h7-10,20H,4-6,11-17H2,1-3H3,(H,23,27)(H,24,25). The first-order valence-electron chi connectivity index (χ1n) is 10.7. The second-order valence-electron chi connectivity index (χ2n) is 7.13. The zero-order valence-corrected chi connectivity index (χ0v) is 18.1. The molecule has 0 aliphatic carbocycles. The van der Waals surface area contributed by atoms with Crippen LogP contribution in [0.3, 0.4) is 0 Å². The summed E-state index contributed by atoms with van der Waals surface area (Å²) in [5, 5.41) is 6.21.